The minimum atomic E-state index is 0.277. The Bertz CT molecular complexity index is 292. The van der Waals surface area contributed by atoms with E-state index in [9.17, 15) is 0 Å². The molecule has 0 aromatic carbocycles. The summed E-state index contributed by atoms with van der Waals surface area (Å²) in [5.74, 6) is 0. The predicted octanol–water partition coefficient (Wildman–Crippen LogP) is 1.80. The first-order valence-electron chi connectivity index (χ1n) is 4.90. The van der Waals surface area contributed by atoms with Crippen LogP contribution in [0.5, 0.6) is 0 Å². The SMILES string of the molecule is Cc1nc(N(C)C)sc1CC[C@@H](C)N. The van der Waals surface area contributed by atoms with Crippen LogP contribution in [0.15, 0.2) is 0 Å². The Morgan fingerprint density at radius 3 is 2.57 bits per heavy atom. The fourth-order valence-electron chi connectivity index (χ4n) is 1.19. The van der Waals surface area contributed by atoms with E-state index in [-0.39, 0.29) is 6.04 Å². The molecule has 1 atom stereocenters. The number of thiazole rings is 1. The summed E-state index contributed by atoms with van der Waals surface area (Å²) in [5, 5.41) is 1.09. The molecule has 1 rings (SSSR count). The van der Waals surface area contributed by atoms with Gasteiger partial charge < -0.3 is 10.6 Å². The van der Waals surface area contributed by atoms with Crippen molar-refractivity contribution < 1.29 is 0 Å². The summed E-state index contributed by atoms with van der Waals surface area (Å²) in [7, 11) is 4.04. The van der Waals surface area contributed by atoms with Gasteiger partial charge in [-0.3, -0.25) is 0 Å². The lowest BCUT2D eigenvalue weighted by Gasteiger charge is -2.05. The van der Waals surface area contributed by atoms with Gasteiger partial charge in [0, 0.05) is 25.0 Å². The van der Waals surface area contributed by atoms with E-state index in [0.717, 1.165) is 23.7 Å². The highest BCUT2D eigenvalue weighted by molar-refractivity contribution is 7.15. The van der Waals surface area contributed by atoms with Crippen LogP contribution in [-0.2, 0) is 6.42 Å². The highest BCUT2D eigenvalue weighted by Crippen LogP contribution is 2.25. The van der Waals surface area contributed by atoms with Crippen molar-refractivity contribution in [3.8, 4) is 0 Å². The van der Waals surface area contributed by atoms with Crippen molar-refractivity contribution in [1.82, 2.24) is 4.98 Å². The summed E-state index contributed by atoms with van der Waals surface area (Å²) in [4.78, 5) is 7.91. The summed E-state index contributed by atoms with van der Waals surface area (Å²) in [6.07, 6.45) is 2.09. The van der Waals surface area contributed by atoms with Crippen molar-refractivity contribution in [2.45, 2.75) is 32.7 Å². The number of aryl methyl sites for hydroxylation is 2. The Morgan fingerprint density at radius 2 is 2.14 bits per heavy atom. The van der Waals surface area contributed by atoms with Crippen LogP contribution >= 0.6 is 11.3 Å². The van der Waals surface area contributed by atoms with Crippen molar-refractivity contribution >= 4 is 16.5 Å². The minimum Gasteiger partial charge on any atom is -0.354 e. The van der Waals surface area contributed by atoms with Gasteiger partial charge in [0.2, 0.25) is 0 Å². The lowest BCUT2D eigenvalue weighted by Crippen LogP contribution is -2.15. The Labute approximate surface area is 89.9 Å². The van der Waals surface area contributed by atoms with Gasteiger partial charge in [-0.2, -0.15) is 0 Å². The van der Waals surface area contributed by atoms with Crippen molar-refractivity contribution in [2.24, 2.45) is 5.73 Å². The highest BCUT2D eigenvalue weighted by atomic mass is 32.1. The first-order valence-corrected chi connectivity index (χ1v) is 5.71. The topological polar surface area (TPSA) is 42.2 Å². The van der Waals surface area contributed by atoms with E-state index in [1.807, 2.05) is 25.9 Å². The zero-order chi connectivity index (χ0) is 10.7. The standard InChI is InChI=1S/C10H19N3S/c1-7(11)5-6-9-8(2)12-10(14-9)13(3)4/h7H,5-6,11H2,1-4H3/t7-/m1/s1. The van der Waals surface area contributed by atoms with Crippen LogP contribution in [-0.4, -0.2) is 25.1 Å². The molecule has 1 heterocycles. The molecule has 0 aliphatic rings. The summed E-state index contributed by atoms with van der Waals surface area (Å²) in [5.41, 5.74) is 6.88. The molecule has 1 aromatic rings. The molecule has 0 saturated carbocycles. The van der Waals surface area contributed by atoms with E-state index in [4.69, 9.17) is 5.73 Å². The zero-order valence-electron chi connectivity index (χ0n) is 9.37. The van der Waals surface area contributed by atoms with Crippen LogP contribution in [0, 0.1) is 6.92 Å². The van der Waals surface area contributed by atoms with Crippen LogP contribution < -0.4 is 10.6 Å². The van der Waals surface area contributed by atoms with Crippen LogP contribution in [0.25, 0.3) is 0 Å². The summed E-state index contributed by atoms with van der Waals surface area (Å²) in [6.45, 7) is 4.11. The molecule has 2 N–H and O–H groups in total. The number of hydrogen-bond donors (Lipinski definition) is 1. The third-order valence-corrected chi connectivity index (χ3v) is 3.48. The Morgan fingerprint density at radius 1 is 1.50 bits per heavy atom. The number of rotatable bonds is 4. The third-order valence-electron chi connectivity index (χ3n) is 2.09. The first-order chi connectivity index (χ1) is 6.50. The molecule has 0 fully saturated rings. The second-order valence-corrected chi connectivity index (χ2v) is 4.98. The molecular weight excluding hydrogens is 194 g/mol. The van der Waals surface area contributed by atoms with Gasteiger partial charge in [-0.15, -0.1) is 11.3 Å². The molecule has 0 amide bonds. The number of aromatic nitrogens is 1. The lowest BCUT2D eigenvalue weighted by atomic mass is 10.1. The molecule has 0 unspecified atom stereocenters. The zero-order valence-corrected chi connectivity index (χ0v) is 10.2. The summed E-state index contributed by atoms with van der Waals surface area (Å²) in [6, 6.07) is 0.277. The first kappa shape index (κ1) is 11.5. The number of hydrogen-bond acceptors (Lipinski definition) is 4. The van der Waals surface area contributed by atoms with Crippen molar-refractivity contribution in [2.75, 3.05) is 19.0 Å². The number of nitrogens with two attached hydrogens (primary N) is 1. The van der Waals surface area contributed by atoms with Crippen molar-refractivity contribution in [3.05, 3.63) is 10.6 Å². The smallest absolute Gasteiger partial charge is 0.185 e. The maximum absolute atomic E-state index is 5.73. The lowest BCUT2D eigenvalue weighted by molar-refractivity contribution is 0.668. The fraction of sp³-hybridized carbons (Fsp3) is 0.700. The predicted molar refractivity (Wildman–Crippen MR) is 63.1 cm³/mol. The molecule has 0 bridgehead atoms. The quantitative estimate of drug-likeness (QED) is 0.829. The van der Waals surface area contributed by atoms with Gasteiger partial charge in [0.15, 0.2) is 5.13 Å². The number of nitrogens with zero attached hydrogens (tertiary/aromatic N) is 2. The fourth-order valence-corrected chi connectivity index (χ4v) is 2.19. The Balaban J connectivity index is 2.67. The summed E-state index contributed by atoms with van der Waals surface area (Å²) < 4.78 is 0. The normalized spacial score (nSPS) is 12.9. The molecule has 14 heavy (non-hydrogen) atoms. The average molecular weight is 213 g/mol. The van der Waals surface area contributed by atoms with Crippen LogP contribution in [0.2, 0.25) is 0 Å². The molecule has 4 heteroatoms. The molecule has 0 radical (unpaired) electrons. The van der Waals surface area contributed by atoms with Gasteiger partial charge in [0.25, 0.3) is 0 Å². The Kier molecular flexibility index (Phi) is 3.89. The van der Waals surface area contributed by atoms with E-state index in [0.29, 0.717) is 0 Å². The van der Waals surface area contributed by atoms with E-state index < -0.39 is 0 Å². The van der Waals surface area contributed by atoms with Gasteiger partial charge in [-0.1, -0.05) is 0 Å². The summed E-state index contributed by atoms with van der Waals surface area (Å²) >= 11 is 1.77. The van der Waals surface area contributed by atoms with Crippen LogP contribution in [0.4, 0.5) is 5.13 Å². The largest absolute Gasteiger partial charge is 0.354 e. The molecule has 0 aliphatic heterocycles. The maximum atomic E-state index is 5.73. The van der Waals surface area contributed by atoms with Crippen molar-refractivity contribution in [1.29, 1.82) is 0 Å². The molecular formula is C10H19N3S. The minimum absolute atomic E-state index is 0.277. The molecule has 1 aromatic heterocycles. The van der Waals surface area contributed by atoms with Crippen molar-refractivity contribution in [3.63, 3.8) is 0 Å². The molecule has 0 saturated heterocycles. The molecule has 0 aliphatic carbocycles. The molecule has 3 nitrogen and oxygen atoms in total. The van der Waals surface area contributed by atoms with E-state index in [1.54, 1.807) is 11.3 Å². The van der Waals surface area contributed by atoms with Gasteiger partial charge in [0.05, 0.1) is 5.69 Å². The monoisotopic (exact) mass is 213 g/mol. The van der Waals surface area contributed by atoms with Crippen LogP contribution in [0.3, 0.4) is 0 Å². The highest BCUT2D eigenvalue weighted by Gasteiger charge is 2.09. The molecule has 80 valence electrons. The van der Waals surface area contributed by atoms with E-state index in [1.165, 1.54) is 4.88 Å². The van der Waals surface area contributed by atoms with Gasteiger partial charge in [-0.25, -0.2) is 4.98 Å². The second-order valence-electron chi connectivity index (χ2n) is 3.92. The van der Waals surface area contributed by atoms with Gasteiger partial charge >= 0.3 is 0 Å². The van der Waals surface area contributed by atoms with Gasteiger partial charge in [-0.05, 0) is 26.7 Å². The molecule has 0 spiro atoms. The number of anilines is 1. The van der Waals surface area contributed by atoms with E-state index >= 15 is 0 Å². The second kappa shape index (κ2) is 4.75. The Hall–Kier alpha value is -0.610. The van der Waals surface area contributed by atoms with Crippen LogP contribution in [0.1, 0.15) is 23.9 Å². The average Bonchev–Trinajstić information content (AvgIpc) is 2.43. The van der Waals surface area contributed by atoms with E-state index in [2.05, 4.69) is 11.9 Å². The third kappa shape index (κ3) is 2.96. The maximum Gasteiger partial charge on any atom is 0.185 e. The van der Waals surface area contributed by atoms with Gasteiger partial charge in [0.1, 0.15) is 0 Å².